The second-order valence-corrected chi connectivity index (χ2v) is 14.4. The van der Waals surface area contributed by atoms with Gasteiger partial charge in [0.2, 0.25) is 21.9 Å². The van der Waals surface area contributed by atoms with E-state index in [2.05, 4.69) is 20.0 Å². The lowest BCUT2D eigenvalue weighted by Gasteiger charge is -2.34. The Morgan fingerprint density at radius 1 is 1.11 bits per heavy atom. The molecule has 2 N–H and O–H groups in total. The molecule has 0 bridgehead atoms. The zero-order valence-electron chi connectivity index (χ0n) is 27.7. The number of carbonyl (C=O) groups is 1. The highest BCUT2D eigenvalue weighted by Crippen LogP contribution is 2.40. The number of likely N-dealkylation sites (tertiary alicyclic amines) is 1. The minimum absolute atomic E-state index is 0.0241. The fraction of sp³-hybridized carbons (Fsp3) is 0.412. The summed E-state index contributed by atoms with van der Waals surface area (Å²) in [6.45, 7) is 10.4. The molecule has 1 unspecified atom stereocenters. The van der Waals surface area contributed by atoms with Gasteiger partial charge >= 0.3 is 6.09 Å². The number of nitrogens with zero attached hydrogens (tertiary/aromatic N) is 4. The van der Waals surface area contributed by atoms with Crippen molar-refractivity contribution in [2.75, 3.05) is 36.0 Å². The number of carbonyl (C=O) groups excluding carboxylic acids is 1. The van der Waals surface area contributed by atoms with E-state index in [1.807, 2.05) is 52.8 Å². The third-order valence-corrected chi connectivity index (χ3v) is 9.02. The summed E-state index contributed by atoms with van der Waals surface area (Å²) >= 11 is 0. The van der Waals surface area contributed by atoms with Gasteiger partial charge in [-0.1, -0.05) is 31.2 Å². The lowest BCUT2D eigenvalue weighted by molar-refractivity contribution is 0.0206. The van der Waals surface area contributed by atoms with Crippen molar-refractivity contribution >= 4 is 38.5 Å². The number of methoxy groups -OCH3 is 1. The third kappa shape index (κ3) is 8.39. The molecule has 47 heavy (non-hydrogen) atoms. The van der Waals surface area contributed by atoms with Crippen molar-refractivity contribution in [2.24, 2.45) is 0 Å². The minimum atomic E-state index is -3.50. The molecule has 2 aromatic heterocycles. The van der Waals surface area contributed by atoms with Crippen LogP contribution in [0.3, 0.4) is 0 Å². The molecule has 12 nitrogen and oxygen atoms in total. The van der Waals surface area contributed by atoms with Gasteiger partial charge in [0.1, 0.15) is 17.1 Å². The number of piperidine rings is 1. The van der Waals surface area contributed by atoms with Crippen molar-refractivity contribution in [3.8, 4) is 28.6 Å². The van der Waals surface area contributed by atoms with E-state index >= 15 is 0 Å². The van der Waals surface area contributed by atoms with Crippen LogP contribution in [0.1, 0.15) is 52.5 Å². The van der Waals surface area contributed by atoms with E-state index in [1.54, 1.807) is 48.7 Å². The van der Waals surface area contributed by atoms with Crippen LogP contribution in [0.2, 0.25) is 0 Å². The first-order valence-electron chi connectivity index (χ1n) is 15.7. The molecule has 13 heteroatoms. The summed E-state index contributed by atoms with van der Waals surface area (Å²) in [5, 5.41) is 4.81. The van der Waals surface area contributed by atoms with Gasteiger partial charge in [0.05, 0.1) is 36.0 Å². The number of benzene rings is 2. The molecule has 1 amide bonds. The second kappa shape index (κ2) is 14.0. The first-order chi connectivity index (χ1) is 22.4. The fourth-order valence-electron chi connectivity index (χ4n) is 5.41. The topological polar surface area (TPSA) is 145 Å². The zero-order chi connectivity index (χ0) is 33.8. The van der Waals surface area contributed by atoms with Crippen LogP contribution in [0, 0.1) is 6.92 Å². The fourth-order valence-corrected chi connectivity index (χ4v) is 6.56. The van der Waals surface area contributed by atoms with Gasteiger partial charge in [-0.15, -0.1) is 0 Å². The molecular weight excluding hydrogens is 620 g/mol. The molecule has 0 radical (unpaired) electrons. The molecule has 0 saturated carbocycles. The highest BCUT2D eigenvalue weighted by Gasteiger charge is 2.28. The average molecular weight is 663 g/mol. The number of rotatable bonds is 10. The van der Waals surface area contributed by atoms with Gasteiger partial charge in [0, 0.05) is 36.1 Å². The van der Waals surface area contributed by atoms with Gasteiger partial charge in [-0.3, -0.25) is 4.72 Å². The van der Waals surface area contributed by atoms with Crippen molar-refractivity contribution in [3.63, 3.8) is 0 Å². The van der Waals surface area contributed by atoms with E-state index in [0.717, 1.165) is 23.8 Å². The van der Waals surface area contributed by atoms with Crippen LogP contribution in [-0.2, 0) is 14.8 Å². The number of anilines is 2. The Balaban J connectivity index is 1.44. The molecular formula is C34H42N6O6S. The first-order valence-corrected chi connectivity index (χ1v) is 17.3. The number of aryl methyl sites for hydroxylation is 1. The van der Waals surface area contributed by atoms with Crippen molar-refractivity contribution in [1.29, 1.82) is 0 Å². The van der Waals surface area contributed by atoms with Crippen molar-refractivity contribution in [3.05, 3.63) is 60.4 Å². The second-order valence-electron chi connectivity index (χ2n) is 12.5. The van der Waals surface area contributed by atoms with Gasteiger partial charge < -0.3 is 24.4 Å². The number of amides is 1. The molecule has 1 saturated heterocycles. The number of sulfonamides is 1. The maximum absolute atomic E-state index is 12.7. The molecule has 1 atom stereocenters. The average Bonchev–Trinajstić information content (AvgIpc) is 3.02. The highest BCUT2D eigenvalue weighted by atomic mass is 32.2. The largest absolute Gasteiger partial charge is 0.495 e. The Kier molecular flexibility index (Phi) is 10.0. The molecule has 0 aliphatic carbocycles. The Morgan fingerprint density at radius 2 is 1.91 bits per heavy atom. The Hall–Kier alpha value is -4.65. The van der Waals surface area contributed by atoms with Crippen LogP contribution in [0.4, 0.5) is 16.4 Å². The molecule has 0 spiro atoms. The number of hydrogen-bond donors (Lipinski definition) is 2. The lowest BCUT2D eigenvalue weighted by Crippen LogP contribution is -2.47. The SMILES string of the molecule is CCCS(=O)(=O)Nc1cccc2c(Oc3ncc(OC)cc3-c3ccnc(NC4CCCN(C(=O)OC(C)(C)C)C4)n3)c(C)ccc12. The van der Waals surface area contributed by atoms with Gasteiger partial charge in [-0.05, 0) is 70.7 Å². The van der Waals surface area contributed by atoms with Crippen molar-refractivity contribution < 1.29 is 27.4 Å². The molecule has 250 valence electrons. The van der Waals surface area contributed by atoms with Gasteiger partial charge in [-0.25, -0.2) is 28.2 Å². The monoisotopic (exact) mass is 662 g/mol. The van der Waals surface area contributed by atoms with Crippen LogP contribution in [0.5, 0.6) is 17.4 Å². The number of hydrogen-bond acceptors (Lipinski definition) is 10. The Labute approximate surface area is 275 Å². The summed E-state index contributed by atoms with van der Waals surface area (Å²) < 4.78 is 45.5. The van der Waals surface area contributed by atoms with E-state index < -0.39 is 15.6 Å². The Morgan fingerprint density at radius 3 is 2.66 bits per heavy atom. The number of nitrogens with one attached hydrogen (secondary N) is 2. The van der Waals surface area contributed by atoms with Crippen LogP contribution in [0.15, 0.2) is 54.9 Å². The zero-order valence-corrected chi connectivity index (χ0v) is 28.5. The molecule has 1 fully saturated rings. The molecule has 1 aliphatic rings. The number of pyridine rings is 1. The summed E-state index contributed by atoms with van der Waals surface area (Å²) in [7, 11) is -1.94. The van der Waals surface area contributed by atoms with Crippen LogP contribution >= 0.6 is 0 Å². The van der Waals surface area contributed by atoms with E-state index in [4.69, 9.17) is 19.2 Å². The predicted molar refractivity (Wildman–Crippen MR) is 183 cm³/mol. The molecule has 2 aromatic carbocycles. The third-order valence-electron chi connectivity index (χ3n) is 7.55. The van der Waals surface area contributed by atoms with E-state index in [1.165, 1.54) is 0 Å². The predicted octanol–water partition coefficient (Wildman–Crippen LogP) is 6.76. The molecule has 1 aliphatic heterocycles. The summed E-state index contributed by atoms with van der Waals surface area (Å²) in [4.78, 5) is 28.2. The maximum Gasteiger partial charge on any atom is 0.410 e. The van der Waals surface area contributed by atoms with Crippen LogP contribution in [-0.4, -0.2) is 72.0 Å². The molecule has 5 rings (SSSR count). The quantitative estimate of drug-likeness (QED) is 0.187. The standard InChI is InChI=1S/C34H42N6O6S/c1-7-18-47(42,43)39-29-12-8-11-26-25(29)14-13-22(2)30(26)45-31-27(19-24(44-6)20-36-31)28-15-16-35-32(38-28)37-23-10-9-17-40(21-23)33(41)46-34(3,4)5/h8,11-16,19-20,23,39H,7,9-10,17-18,21H2,1-6H3,(H,35,37,38). The molecule has 3 heterocycles. The summed E-state index contributed by atoms with van der Waals surface area (Å²) in [6.07, 6.45) is 5.05. The summed E-state index contributed by atoms with van der Waals surface area (Å²) in [5.74, 6) is 1.77. The van der Waals surface area contributed by atoms with E-state index in [-0.39, 0.29) is 23.8 Å². The van der Waals surface area contributed by atoms with Crippen molar-refractivity contribution in [2.45, 2.75) is 65.5 Å². The maximum atomic E-state index is 12.7. The Bertz CT molecular complexity index is 1860. The van der Waals surface area contributed by atoms with E-state index in [9.17, 15) is 13.2 Å². The van der Waals surface area contributed by atoms with Gasteiger partial charge in [-0.2, -0.15) is 0 Å². The molecule has 4 aromatic rings. The van der Waals surface area contributed by atoms with Gasteiger partial charge in [0.25, 0.3) is 0 Å². The number of aromatic nitrogens is 3. The number of ether oxygens (including phenoxy) is 3. The summed E-state index contributed by atoms with van der Waals surface area (Å²) in [5.41, 5.74) is 1.87. The van der Waals surface area contributed by atoms with E-state index in [0.29, 0.717) is 59.3 Å². The number of fused-ring (bicyclic) bond motifs is 1. The smallest absolute Gasteiger partial charge is 0.410 e. The van der Waals surface area contributed by atoms with Gasteiger partial charge in [0.15, 0.2) is 0 Å². The van der Waals surface area contributed by atoms with Crippen LogP contribution < -0.4 is 19.5 Å². The normalized spacial score (nSPS) is 15.3. The minimum Gasteiger partial charge on any atom is -0.495 e. The first kappa shape index (κ1) is 33.7. The van der Waals surface area contributed by atoms with Crippen molar-refractivity contribution in [1.82, 2.24) is 19.9 Å². The van der Waals surface area contributed by atoms with Crippen LogP contribution in [0.25, 0.3) is 22.0 Å². The lowest BCUT2D eigenvalue weighted by atomic mass is 10.0. The highest BCUT2D eigenvalue weighted by molar-refractivity contribution is 7.92. The summed E-state index contributed by atoms with van der Waals surface area (Å²) in [6, 6.07) is 12.7.